The van der Waals surface area contributed by atoms with Gasteiger partial charge in [0.05, 0.1) is 30.5 Å². The number of methoxy groups -OCH3 is 1. The van der Waals surface area contributed by atoms with E-state index in [0.29, 0.717) is 41.1 Å². The van der Waals surface area contributed by atoms with Gasteiger partial charge in [0.1, 0.15) is 29.4 Å². The van der Waals surface area contributed by atoms with Gasteiger partial charge in [0.15, 0.2) is 0 Å². The fourth-order valence-corrected chi connectivity index (χ4v) is 7.90. The second kappa shape index (κ2) is 10.4. The molecule has 6 rings (SSSR count). The van der Waals surface area contributed by atoms with Gasteiger partial charge in [0.25, 0.3) is 5.91 Å². The number of nitriles is 1. The van der Waals surface area contributed by atoms with Gasteiger partial charge in [-0.1, -0.05) is 33.6 Å². The van der Waals surface area contributed by atoms with E-state index in [1.807, 2.05) is 17.0 Å². The Bertz CT molecular complexity index is 1440. The van der Waals surface area contributed by atoms with Crippen LogP contribution in [0, 0.1) is 39.9 Å². The lowest BCUT2D eigenvalue weighted by Crippen LogP contribution is -2.74. The monoisotopic (exact) mass is 553 g/mol. The highest BCUT2D eigenvalue weighted by Crippen LogP contribution is 2.59. The van der Waals surface area contributed by atoms with Gasteiger partial charge in [-0.15, -0.1) is 0 Å². The fourth-order valence-electron chi connectivity index (χ4n) is 7.90. The molecule has 214 valence electrons. The van der Waals surface area contributed by atoms with Crippen LogP contribution in [0.1, 0.15) is 67.8 Å². The van der Waals surface area contributed by atoms with Gasteiger partial charge in [-0.3, -0.25) is 9.69 Å². The molecule has 2 saturated carbocycles. The van der Waals surface area contributed by atoms with Gasteiger partial charge in [-0.25, -0.2) is 4.98 Å². The minimum absolute atomic E-state index is 0.0227. The average Bonchev–Trinajstić information content (AvgIpc) is 3.25. The first-order valence-corrected chi connectivity index (χ1v) is 14.7. The molecule has 0 radical (unpaired) electrons. The molecule has 1 amide bonds. The third kappa shape index (κ3) is 4.74. The molecule has 41 heavy (non-hydrogen) atoms. The van der Waals surface area contributed by atoms with E-state index >= 15 is 0 Å². The lowest BCUT2D eigenvalue weighted by molar-refractivity contribution is -0.199. The highest BCUT2D eigenvalue weighted by atomic mass is 16.5. The van der Waals surface area contributed by atoms with Crippen LogP contribution >= 0.6 is 0 Å². The number of benzene rings is 1. The van der Waals surface area contributed by atoms with Crippen molar-refractivity contribution in [1.29, 1.82) is 5.26 Å². The number of aromatic nitrogens is 1. The Morgan fingerprint density at radius 1 is 1.07 bits per heavy atom. The Kier molecular flexibility index (Phi) is 6.96. The predicted octanol–water partition coefficient (Wildman–Crippen LogP) is 3.84. The highest BCUT2D eigenvalue weighted by molar-refractivity contribution is 5.98. The maximum Gasteiger partial charge on any atom is 0.256 e. The van der Waals surface area contributed by atoms with Crippen molar-refractivity contribution in [2.45, 2.75) is 65.3 Å². The number of nitrogens with zero attached hydrogens (tertiary/aromatic N) is 4. The summed E-state index contributed by atoms with van der Waals surface area (Å²) < 4.78 is 11.9. The number of rotatable bonds is 5. The van der Waals surface area contributed by atoms with E-state index in [1.165, 1.54) is 0 Å². The zero-order chi connectivity index (χ0) is 28.9. The summed E-state index contributed by atoms with van der Waals surface area (Å²) in [7, 11) is 1.55. The summed E-state index contributed by atoms with van der Waals surface area (Å²) in [6, 6.07) is 11.8. The number of fused-ring (bicyclic) bond motifs is 1. The molecule has 8 heteroatoms. The third-order valence-electron chi connectivity index (χ3n) is 9.59. The molecule has 3 fully saturated rings. The van der Waals surface area contributed by atoms with E-state index in [2.05, 4.69) is 55.8 Å². The normalized spacial score (nSPS) is 27.9. The Labute approximate surface area is 243 Å². The van der Waals surface area contributed by atoms with Crippen molar-refractivity contribution in [3.8, 4) is 29.4 Å². The lowest BCUT2D eigenvalue weighted by atomic mass is 9.49. The molecule has 2 aliphatic heterocycles. The van der Waals surface area contributed by atoms with Crippen molar-refractivity contribution in [2.24, 2.45) is 16.7 Å². The summed E-state index contributed by atoms with van der Waals surface area (Å²) in [6.07, 6.45) is 2.12. The van der Waals surface area contributed by atoms with Crippen molar-refractivity contribution >= 4 is 5.91 Å². The zero-order valence-electron chi connectivity index (χ0n) is 24.7. The van der Waals surface area contributed by atoms with Crippen molar-refractivity contribution in [3.63, 3.8) is 0 Å². The first-order valence-electron chi connectivity index (χ1n) is 14.7. The first kappa shape index (κ1) is 27.6. The van der Waals surface area contributed by atoms with Crippen LogP contribution in [-0.2, 0) is 6.54 Å². The number of pyridine rings is 1. The molecular formula is C33H39N5O3. The van der Waals surface area contributed by atoms with Crippen molar-refractivity contribution in [3.05, 3.63) is 52.8 Å². The Morgan fingerprint density at radius 3 is 2.49 bits per heavy atom. The quantitative estimate of drug-likeness (QED) is 0.563. The number of hydrogen-bond donors (Lipinski definition) is 1. The molecular weight excluding hydrogens is 514 g/mol. The van der Waals surface area contributed by atoms with Gasteiger partial charge in [-0.2, -0.15) is 5.26 Å². The summed E-state index contributed by atoms with van der Waals surface area (Å²) in [5, 5.41) is 12.7. The van der Waals surface area contributed by atoms with E-state index in [1.54, 1.807) is 25.3 Å². The smallest absolute Gasteiger partial charge is 0.256 e. The molecule has 4 aliphatic rings. The molecule has 1 aromatic carbocycles. The fraction of sp³-hybridized carbons (Fsp3) is 0.545. The molecule has 0 atom stereocenters. The molecule has 0 bridgehead atoms. The van der Waals surface area contributed by atoms with Crippen LogP contribution in [-0.4, -0.2) is 72.2 Å². The number of hydrogen-bond acceptors (Lipinski definition) is 7. The van der Waals surface area contributed by atoms with E-state index in [9.17, 15) is 10.1 Å². The van der Waals surface area contributed by atoms with Gasteiger partial charge in [0.2, 0.25) is 0 Å². The minimum Gasteiger partial charge on any atom is -0.495 e. The number of carbonyl (C=O) groups excluding carboxylic acids is 1. The van der Waals surface area contributed by atoms with Crippen molar-refractivity contribution in [1.82, 2.24) is 20.1 Å². The summed E-state index contributed by atoms with van der Waals surface area (Å²) >= 11 is 0. The number of ether oxygens (including phenoxy) is 2. The van der Waals surface area contributed by atoms with Crippen LogP contribution in [0.2, 0.25) is 0 Å². The summed E-state index contributed by atoms with van der Waals surface area (Å²) in [6.45, 7) is 13.5. The van der Waals surface area contributed by atoms with Crippen molar-refractivity contribution in [2.75, 3.05) is 33.3 Å². The topological polar surface area (TPSA) is 90.7 Å². The number of amides is 1. The van der Waals surface area contributed by atoms with Crippen LogP contribution in [0.25, 0.3) is 0 Å². The Balaban J connectivity index is 1.13. The molecule has 8 nitrogen and oxygen atoms in total. The molecule has 0 unspecified atom stereocenters. The molecule has 3 heterocycles. The SMILES string of the molecule is COc1cc(OC2C(C)(C)C(N3Cc4nc(C#CC5CC(N6CCNCC6)C5)ccc4C3=O)C2(C)C)ccc1C#N. The maximum absolute atomic E-state index is 13.6. The molecule has 1 saturated heterocycles. The summed E-state index contributed by atoms with van der Waals surface area (Å²) in [4.78, 5) is 23.0. The molecule has 2 aliphatic carbocycles. The predicted molar refractivity (Wildman–Crippen MR) is 155 cm³/mol. The Hall–Kier alpha value is -3.59. The minimum atomic E-state index is -0.309. The zero-order valence-corrected chi connectivity index (χ0v) is 24.7. The maximum atomic E-state index is 13.6. The van der Waals surface area contributed by atoms with E-state index in [-0.39, 0.29) is 28.9 Å². The largest absolute Gasteiger partial charge is 0.495 e. The lowest BCUT2D eigenvalue weighted by Gasteiger charge is -2.65. The van der Waals surface area contributed by atoms with Crippen LogP contribution in [0.4, 0.5) is 0 Å². The second-order valence-electron chi connectivity index (χ2n) is 13.0. The summed E-state index contributed by atoms with van der Waals surface area (Å²) in [5.74, 6) is 8.32. The third-order valence-corrected chi connectivity index (χ3v) is 9.59. The van der Waals surface area contributed by atoms with Crippen LogP contribution in [0.5, 0.6) is 11.5 Å². The Morgan fingerprint density at radius 2 is 1.80 bits per heavy atom. The molecule has 1 N–H and O–H groups in total. The van der Waals surface area contributed by atoms with Crippen LogP contribution in [0.3, 0.4) is 0 Å². The second-order valence-corrected chi connectivity index (χ2v) is 13.0. The summed E-state index contributed by atoms with van der Waals surface area (Å²) in [5.41, 5.74) is 2.07. The van der Waals surface area contributed by atoms with Gasteiger partial charge < -0.3 is 19.7 Å². The molecule has 1 aromatic heterocycles. The van der Waals surface area contributed by atoms with Crippen LogP contribution < -0.4 is 14.8 Å². The van der Waals surface area contributed by atoms with Crippen molar-refractivity contribution < 1.29 is 14.3 Å². The van der Waals surface area contributed by atoms with Crippen LogP contribution in [0.15, 0.2) is 30.3 Å². The van der Waals surface area contributed by atoms with E-state index in [0.717, 1.165) is 50.4 Å². The number of nitrogens with one attached hydrogen (secondary N) is 1. The average molecular weight is 554 g/mol. The number of piperazine rings is 1. The highest BCUT2D eigenvalue weighted by Gasteiger charge is 2.67. The first-order chi connectivity index (χ1) is 19.6. The van der Waals surface area contributed by atoms with Gasteiger partial charge >= 0.3 is 0 Å². The standard InChI is InChI=1S/C33H39N5O3/c1-32(2)30(33(3,4)31(32)41-25-10-7-22(19-34)28(18-25)40-5)38-20-27-26(29(38)39)11-9-23(36-27)8-6-21-16-24(17-21)37-14-12-35-13-15-37/h7,9-11,18,21,24,30-31,35H,12-17,20H2,1-5H3. The van der Waals surface area contributed by atoms with E-state index in [4.69, 9.17) is 14.5 Å². The van der Waals surface area contributed by atoms with E-state index < -0.39 is 0 Å². The van der Waals surface area contributed by atoms with Gasteiger partial charge in [0, 0.05) is 61.1 Å². The molecule has 2 aromatic rings. The molecule has 0 spiro atoms. The van der Waals surface area contributed by atoms with Gasteiger partial charge in [-0.05, 0) is 43.0 Å². The number of carbonyl (C=O) groups is 1.